The van der Waals surface area contributed by atoms with Crippen molar-refractivity contribution in [3.63, 3.8) is 0 Å². The maximum Gasteiger partial charge on any atom is 0.270 e. The molecular formula is C19H25FN4O. The summed E-state index contributed by atoms with van der Waals surface area (Å²) >= 11 is 0. The fraction of sp³-hybridized carbons (Fsp3) is 0.421. The summed E-state index contributed by atoms with van der Waals surface area (Å²) in [5, 5.41) is 2.82. The summed E-state index contributed by atoms with van der Waals surface area (Å²) in [5.41, 5.74) is 1.94. The molecule has 0 fully saturated rings. The third-order valence-corrected chi connectivity index (χ3v) is 3.71. The first-order chi connectivity index (χ1) is 12.0. The molecule has 0 bridgehead atoms. The van der Waals surface area contributed by atoms with Crippen molar-refractivity contribution in [3.05, 3.63) is 53.1 Å². The van der Waals surface area contributed by atoms with E-state index in [9.17, 15) is 9.18 Å². The number of carbonyl (C=O) groups is 1. The van der Waals surface area contributed by atoms with E-state index in [0.717, 1.165) is 37.2 Å². The first-order valence-corrected chi connectivity index (χ1v) is 8.66. The van der Waals surface area contributed by atoms with Gasteiger partial charge in [-0.25, -0.2) is 14.4 Å². The molecule has 1 N–H and O–H groups in total. The maximum atomic E-state index is 12.9. The Morgan fingerprint density at radius 1 is 1.12 bits per heavy atom. The SMILES string of the molecule is CCCN(CCC)c1nc(C)cc(C(=O)NCc2ccc(F)cc2)n1. The van der Waals surface area contributed by atoms with E-state index in [1.807, 2.05) is 6.92 Å². The summed E-state index contributed by atoms with van der Waals surface area (Å²) in [6.07, 6.45) is 1.98. The van der Waals surface area contributed by atoms with Gasteiger partial charge in [-0.05, 0) is 43.5 Å². The molecule has 134 valence electrons. The molecule has 0 atom stereocenters. The molecule has 5 nitrogen and oxygen atoms in total. The molecule has 2 rings (SSSR count). The van der Waals surface area contributed by atoms with Gasteiger partial charge in [0, 0.05) is 25.3 Å². The van der Waals surface area contributed by atoms with Gasteiger partial charge in [0.1, 0.15) is 11.5 Å². The summed E-state index contributed by atoms with van der Waals surface area (Å²) < 4.78 is 12.9. The zero-order chi connectivity index (χ0) is 18.2. The van der Waals surface area contributed by atoms with Crippen molar-refractivity contribution < 1.29 is 9.18 Å². The molecule has 6 heteroatoms. The number of amides is 1. The van der Waals surface area contributed by atoms with Gasteiger partial charge < -0.3 is 10.2 Å². The highest BCUT2D eigenvalue weighted by Gasteiger charge is 2.14. The second-order valence-electron chi connectivity index (χ2n) is 5.99. The number of aromatic nitrogens is 2. The zero-order valence-corrected chi connectivity index (χ0v) is 15.1. The lowest BCUT2D eigenvalue weighted by Crippen LogP contribution is -2.29. The van der Waals surface area contributed by atoms with Crippen molar-refractivity contribution in [3.8, 4) is 0 Å². The van der Waals surface area contributed by atoms with Crippen molar-refractivity contribution in [1.29, 1.82) is 0 Å². The van der Waals surface area contributed by atoms with Crippen LogP contribution >= 0.6 is 0 Å². The van der Waals surface area contributed by atoms with Gasteiger partial charge >= 0.3 is 0 Å². The number of anilines is 1. The van der Waals surface area contributed by atoms with E-state index in [4.69, 9.17) is 0 Å². The molecule has 25 heavy (non-hydrogen) atoms. The van der Waals surface area contributed by atoms with Crippen LogP contribution in [-0.4, -0.2) is 29.0 Å². The quantitative estimate of drug-likeness (QED) is 0.796. The lowest BCUT2D eigenvalue weighted by molar-refractivity contribution is 0.0945. The average Bonchev–Trinajstić information content (AvgIpc) is 2.60. The van der Waals surface area contributed by atoms with Crippen molar-refractivity contribution >= 4 is 11.9 Å². The number of hydrogen-bond acceptors (Lipinski definition) is 4. The fourth-order valence-electron chi connectivity index (χ4n) is 2.54. The van der Waals surface area contributed by atoms with Gasteiger partial charge in [0.2, 0.25) is 5.95 Å². The molecule has 0 radical (unpaired) electrons. The fourth-order valence-corrected chi connectivity index (χ4v) is 2.54. The first-order valence-electron chi connectivity index (χ1n) is 8.66. The molecule has 1 heterocycles. The van der Waals surface area contributed by atoms with Gasteiger partial charge in [0.25, 0.3) is 5.91 Å². The highest BCUT2D eigenvalue weighted by atomic mass is 19.1. The Balaban J connectivity index is 2.11. The van der Waals surface area contributed by atoms with Crippen molar-refractivity contribution in [2.24, 2.45) is 0 Å². The molecule has 1 amide bonds. The van der Waals surface area contributed by atoms with E-state index < -0.39 is 0 Å². The smallest absolute Gasteiger partial charge is 0.270 e. The lowest BCUT2D eigenvalue weighted by Gasteiger charge is -2.22. The third-order valence-electron chi connectivity index (χ3n) is 3.71. The van der Waals surface area contributed by atoms with E-state index in [0.29, 0.717) is 18.2 Å². The Morgan fingerprint density at radius 3 is 2.36 bits per heavy atom. The Bertz CT molecular complexity index is 697. The minimum atomic E-state index is -0.293. The van der Waals surface area contributed by atoms with Crippen LogP contribution in [0.1, 0.15) is 48.4 Å². The van der Waals surface area contributed by atoms with Crippen LogP contribution in [0.5, 0.6) is 0 Å². The molecule has 0 aliphatic heterocycles. The van der Waals surface area contributed by atoms with E-state index in [2.05, 4.69) is 34.0 Å². The van der Waals surface area contributed by atoms with Gasteiger partial charge in [0.15, 0.2) is 0 Å². The Kier molecular flexibility index (Phi) is 6.86. The van der Waals surface area contributed by atoms with Crippen LogP contribution in [0, 0.1) is 12.7 Å². The van der Waals surface area contributed by atoms with Crippen LogP contribution in [0.25, 0.3) is 0 Å². The Hall–Kier alpha value is -2.50. The number of rotatable bonds is 8. The summed E-state index contributed by atoms with van der Waals surface area (Å²) in [4.78, 5) is 23.4. The summed E-state index contributed by atoms with van der Waals surface area (Å²) in [6, 6.07) is 7.73. The first kappa shape index (κ1) is 18.8. The minimum Gasteiger partial charge on any atom is -0.347 e. The molecule has 0 aliphatic rings. The van der Waals surface area contributed by atoms with Crippen molar-refractivity contribution in [2.75, 3.05) is 18.0 Å². The predicted molar refractivity (Wildman–Crippen MR) is 97.1 cm³/mol. The number of carbonyl (C=O) groups excluding carboxylic acids is 1. The van der Waals surface area contributed by atoms with E-state index in [1.165, 1.54) is 12.1 Å². The molecule has 0 unspecified atom stereocenters. The zero-order valence-electron chi connectivity index (χ0n) is 15.1. The van der Waals surface area contributed by atoms with Gasteiger partial charge in [-0.2, -0.15) is 0 Å². The van der Waals surface area contributed by atoms with Crippen LogP contribution in [0.3, 0.4) is 0 Å². The normalized spacial score (nSPS) is 10.6. The lowest BCUT2D eigenvalue weighted by atomic mass is 10.2. The monoisotopic (exact) mass is 344 g/mol. The van der Waals surface area contributed by atoms with E-state index in [-0.39, 0.29) is 11.7 Å². The largest absolute Gasteiger partial charge is 0.347 e. The second kappa shape index (κ2) is 9.11. The molecule has 1 aromatic heterocycles. The van der Waals surface area contributed by atoms with Crippen LogP contribution in [0.15, 0.2) is 30.3 Å². The summed E-state index contributed by atoms with van der Waals surface area (Å²) in [7, 11) is 0. The summed E-state index contributed by atoms with van der Waals surface area (Å²) in [6.45, 7) is 8.11. The van der Waals surface area contributed by atoms with Gasteiger partial charge in [-0.3, -0.25) is 4.79 Å². The molecule has 2 aromatic rings. The third kappa shape index (κ3) is 5.52. The molecule has 0 aliphatic carbocycles. The standard InChI is InChI=1S/C19H25FN4O/c1-4-10-24(11-5-2)19-22-14(3)12-17(23-19)18(25)21-13-15-6-8-16(20)9-7-15/h6-9,12H,4-5,10-11,13H2,1-3H3,(H,21,25). The minimum absolute atomic E-state index is 0.260. The predicted octanol–water partition coefficient (Wildman–Crippen LogP) is 3.48. The van der Waals surface area contributed by atoms with Crippen LogP contribution in [0.2, 0.25) is 0 Å². The number of hydrogen-bond donors (Lipinski definition) is 1. The van der Waals surface area contributed by atoms with Gasteiger partial charge in [-0.15, -0.1) is 0 Å². The number of halogens is 1. The van der Waals surface area contributed by atoms with Crippen LogP contribution in [-0.2, 0) is 6.54 Å². The highest BCUT2D eigenvalue weighted by Crippen LogP contribution is 2.12. The van der Waals surface area contributed by atoms with Crippen LogP contribution < -0.4 is 10.2 Å². The average molecular weight is 344 g/mol. The number of aryl methyl sites for hydroxylation is 1. The van der Waals surface area contributed by atoms with Crippen molar-refractivity contribution in [2.45, 2.75) is 40.2 Å². The van der Waals surface area contributed by atoms with E-state index in [1.54, 1.807) is 18.2 Å². The highest BCUT2D eigenvalue weighted by molar-refractivity contribution is 5.92. The molecule has 0 saturated carbocycles. The summed E-state index contributed by atoms with van der Waals surface area (Å²) in [5.74, 6) is 0.0396. The Morgan fingerprint density at radius 2 is 1.76 bits per heavy atom. The second-order valence-corrected chi connectivity index (χ2v) is 5.99. The number of benzene rings is 1. The van der Waals surface area contributed by atoms with Crippen LogP contribution in [0.4, 0.5) is 10.3 Å². The Labute approximate surface area is 148 Å². The molecule has 0 spiro atoms. The number of nitrogens with one attached hydrogen (secondary N) is 1. The van der Waals surface area contributed by atoms with E-state index >= 15 is 0 Å². The van der Waals surface area contributed by atoms with Crippen molar-refractivity contribution in [1.82, 2.24) is 15.3 Å². The maximum absolute atomic E-state index is 12.9. The molecule has 0 saturated heterocycles. The topological polar surface area (TPSA) is 58.1 Å². The van der Waals surface area contributed by atoms with Gasteiger partial charge in [-0.1, -0.05) is 26.0 Å². The molecule has 1 aromatic carbocycles. The van der Waals surface area contributed by atoms with Gasteiger partial charge in [0.05, 0.1) is 0 Å². The molecular weight excluding hydrogens is 319 g/mol. The number of nitrogens with zero attached hydrogens (tertiary/aromatic N) is 3.